The highest BCUT2D eigenvalue weighted by atomic mass is 19.3. The smallest absolute Gasteiger partial charge is 0.335 e. The molecule has 1 aromatic heterocycles. The number of nitrogens with zero attached hydrogens (tertiary/aromatic N) is 3. The summed E-state index contributed by atoms with van der Waals surface area (Å²) < 4.78 is 31.5. The molecule has 10 heteroatoms. The van der Waals surface area contributed by atoms with Crippen molar-refractivity contribution in [2.75, 3.05) is 17.2 Å². The van der Waals surface area contributed by atoms with Crippen LogP contribution in [0.3, 0.4) is 0 Å². The molecule has 3 rings (SSSR count). The van der Waals surface area contributed by atoms with Gasteiger partial charge < -0.3 is 20.5 Å². The van der Waals surface area contributed by atoms with Crippen LogP contribution in [0.2, 0.25) is 0 Å². The van der Waals surface area contributed by atoms with Crippen LogP contribution >= 0.6 is 0 Å². The second-order valence-electron chi connectivity index (χ2n) is 7.36. The number of alkyl halides is 2. The van der Waals surface area contributed by atoms with Gasteiger partial charge in [-0.1, -0.05) is 18.7 Å². The predicted octanol–water partition coefficient (Wildman–Crippen LogP) is 4.42. The van der Waals surface area contributed by atoms with Crippen molar-refractivity contribution in [1.29, 1.82) is 0 Å². The van der Waals surface area contributed by atoms with Crippen LogP contribution in [0.5, 0.6) is 6.01 Å². The molecule has 1 aliphatic rings. The van der Waals surface area contributed by atoms with Crippen molar-refractivity contribution in [3.05, 3.63) is 54.1 Å². The van der Waals surface area contributed by atoms with Crippen molar-refractivity contribution in [3.8, 4) is 6.01 Å². The third-order valence-electron chi connectivity index (χ3n) is 4.54. The van der Waals surface area contributed by atoms with Crippen molar-refractivity contribution in [2.45, 2.75) is 38.2 Å². The van der Waals surface area contributed by atoms with E-state index in [1.54, 1.807) is 0 Å². The number of halogens is 2. The maximum absolute atomic E-state index is 13.2. The first-order chi connectivity index (χ1) is 14.6. The van der Waals surface area contributed by atoms with Gasteiger partial charge in [0, 0.05) is 12.6 Å². The second kappa shape index (κ2) is 8.66. The zero-order valence-corrected chi connectivity index (χ0v) is 17.2. The van der Waals surface area contributed by atoms with Crippen LogP contribution in [0.25, 0.3) is 0 Å². The largest absolute Gasteiger partial charge is 0.478 e. The van der Waals surface area contributed by atoms with E-state index in [2.05, 4.69) is 32.2 Å². The Balaban J connectivity index is 1.86. The molecule has 0 spiro atoms. The zero-order chi connectivity index (χ0) is 22.6. The van der Waals surface area contributed by atoms with Crippen LogP contribution < -0.4 is 15.4 Å². The maximum Gasteiger partial charge on any atom is 0.335 e. The van der Waals surface area contributed by atoms with Gasteiger partial charge in [0.25, 0.3) is 5.92 Å². The van der Waals surface area contributed by atoms with Crippen LogP contribution in [0.15, 0.2) is 48.6 Å². The lowest BCUT2D eigenvalue weighted by Gasteiger charge is -2.19. The molecule has 0 radical (unpaired) electrons. The molecule has 0 unspecified atom stereocenters. The minimum absolute atomic E-state index is 0.0578. The number of allylic oxidation sites excluding steroid dienone is 1. The fourth-order valence-corrected chi connectivity index (χ4v) is 2.78. The van der Waals surface area contributed by atoms with Gasteiger partial charge in [-0.15, -0.1) is 0 Å². The van der Waals surface area contributed by atoms with E-state index in [0.29, 0.717) is 5.69 Å². The van der Waals surface area contributed by atoms with Crippen molar-refractivity contribution in [1.82, 2.24) is 15.0 Å². The van der Waals surface area contributed by atoms with Crippen molar-refractivity contribution in [2.24, 2.45) is 0 Å². The van der Waals surface area contributed by atoms with Gasteiger partial charge in [0.1, 0.15) is 0 Å². The first kappa shape index (κ1) is 22.1. The van der Waals surface area contributed by atoms with Gasteiger partial charge in [-0.3, -0.25) is 0 Å². The molecule has 2 aromatic rings. The number of hydrogen-bond acceptors (Lipinski definition) is 7. The molecule has 1 fully saturated rings. The van der Waals surface area contributed by atoms with E-state index in [-0.39, 0.29) is 23.5 Å². The number of aromatic nitrogens is 3. The molecule has 3 N–H and O–H groups in total. The van der Waals surface area contributed by atoms with Gasteiger partial charge in [0.05, 0.1) is 11.1 Å². The number of hydrogen-bond donors (Lipinski definition) is 3. The molecule has 1 saturated carbocycles. The first-order valence-electron chi connectivity index (χ1n) is 9.58. The Morgan fingerprint density at radius 1 is 1.26 bits per heavy atom. The monoisotopic (exact) mass is 431 g/mol. The molecule has 1 aliphatic carbocycles. The Morgan fingerprint density at radius 3 is 2.45 bits per heavy atom. The van der Waals surface area contributed by atoms with Crippen LogP contribution in [0, 0.1) is 0 Å². The van der Waals surface area contributed by atoms with E-state index < -0.39 is 24.0 Å². The van der Waals surface area contributed by atoms with E-state index >= 15 is 0 Å². The van der Waals surface area contributed by atoms with Crippen LogP contribution in [0.4, 0.5) is 26.4 Å². The molecule has 1 heterocycles. The van der Waals surface area contributed by atoms with Crippen molar-refractivity contribution >= 4 is 23.6 Å². The molecule has 8 nitrogen and oxygen atoms in total. The molecule has 0 amide bonds. The third-order valence-corrected chi connectivity index (χ3v) is 4.54. The molecular formula is C21H23F2N5O3. The van der Waals surface area contributed by atoms with Gasteiger partial charge >= 0.3 is 12.0 Å². The number of carboxylic acid groups (broad SMARTS) is 1. The fourth-order valence-electron chi connectivity index (χ4n) is 2.78. The lowest BCUT2D eigenvalue weighted by atomic mass is 10.1. The highest BCUT2D eigenvalue weighted by Gasteiger charge is 2.45. The SMILES string of the molecule is C=C(/C=C\C)C1(Nc2nc(Nc3ccc(C(=O)O)cc3)nc(OCC(C)(F)F)n2)CC1. The summed E-state index contributed by atoms with van der Waals surface area (Å²) >= 11 is 0. The average molecular weight is 431 g/mol. The molecule has 0 bridgehead atoms. The molecular weight excluding hydrogens is 408 g/mol. The highest BCUT2D eigenvalue weighted by molar-refractivity contribution is 5.88. The van der Waals surface area contributed by atoms with E-state index in [1.165, 1.54) is 24.3 Å². The lowest BCUT2D eigenvalue weighted by Crippen LogP contribution is -2.25. The van der Waals surface area contributed by atoms with E-state index in [0.717, 1.165) is 25.3 Å². The number of benzene rings is 1. The standard InChI is InChI=1S/C21H23F2N5O3/c1-4-5-13(2)21(10-11-21)28-18-25-17(26-19(27-18)31-12-20(3,22)23)24-15-8-6-14(7-9-15)16(29)30/h4-9H,2,10-12H2,1,3H3,(H,29,30)(H2,24,25,26,27,28)/b5-4-. The van der Waals surface area contributed by atoms with Gasteiger partial charge in [-0.25, -0.2) is 13.6 Å². The topological polar surface area (TPSA) is 109 Å². The maximum atomic E-state index is 13.2. The summed E-state index contributed by atoms with van der Waals surface area (Å²) in [6.45, 7) is 5.80. The number of anilines is 3. The van der Waals surface area contributed by atoms with Crippen LogP contribution in [0.1, 0.15) is 37.0 Å². The van der Waals surface area contributed by atoms with E-state index in [1.807, 2.05) is 19.1 Å². The average Bonchev–Trinajstić information content (AvgIpc) is 3.47. The number of nitrogens with one attached hydrogen (secondary N) is 2. The van der Waals surface area contributed by atoms with Gasteiger partial charge in [-0.05, 0) is 49.6 Å². The van der Waals surface area contributed by atoms with Crippen LogP contribution in [-0.2, 0) is 0 Å². The molecule has 0 aliphatic heterocycles. The Morgan fingerprint density at radius 2 is 1.90 bits per heavy atom. The van der Waals surface area contributed by atoms with Crippen LogP contribution in [-0.4, -0.2) is 44.1 Å². The van der Waals surface area contributed by atoms with Crippen molar-refractivity contribution in [3.63, 3.8) is 0 Å². The second-order valence-corrected chi connectivity index (χ2v) is 7.36. The highest BCUT2D eigenvalue weighted by Crippen LogP contribution is 2.44. The van der Waals surface area contributed by atoms with Gasteiger partial charge in [0.15, 0.2) is 6.61 Å². The summed E-state index contributed by atoms with van der Waals surface area (Å²) in [7, 11) is 0. The Labute approximate surface area is 178 Å². The van der Waals surface area contributed by atoms with Crippen molar-refractivity contribution < 1.29 is 23.4 Å². The minimum Gasteiger partial charge on any atom is -0.478 e. The first-order valence-corrected chi connectivity index (χ1v) is 9.58. The minimum atomic E-state index is -3.06. The normalized spacial score (nSPS) is 14.8. The zero-order valence-electron chi connectivity index (χ0n) is 17.2. The Bertz CT molecular complexity index is 999. The van der Waals surface area contributed by atoms with Gasteiger partial charge in [-0.2, -0.15) is 15.0 Å². The Kier molecular flexibility index (Phi) is 6.19. The molecule has 1 aromatic carbocycles. The number of ether oxygens (including phenoxy) is 1. The number of rotatable bonds is 10. The number of carboxylic acids is 1. The summed E-state index contributed by atoms with van der Waals surface area (Å²) in [6, 6.07) is 5.64. The van der Waals surface area contributed by atoms with E-state index in [9.17, 15) is 13.6 Å². The quantitative estimate of drug-likeness (QED) is 0.474. The summed E-state index contributed by atoms with van der Waals surface area (Å²) in [5.74, 6) is -3.90. The summed E-state index contributed by atoms with van der Waals surface area (Å²) in [5.41, 5.74) is 1.08. The summed E-state index contributed by atoms with van der Waals surface area (Å²) in [6.07, 6.45) is 5.41. The predicted molar refractivity (Wildman–Crippen MR) is 112 cm³/mol. The molecule has 164 valence electrons. The molecule has 31 heavy (non-hydrogen) atoms. The van der Waals surface area contributed by atoms with E-state index in [4.69, 9.17) is 9.84 Å². The summed E-state index contributed by atoms with van der Waals surface area (Å²) in [4.78, 5) is 23.5. The number of aromatic carboxylic acids is 1. The number of carbonyl (C=O) groups is 1. The molecule has 0 atom stereocenters. The third kappa shape index (κ3) is 5.97. The summed E-state index contributed by atoms with van der Waals surface area (Å²) in [5, 5.41) is 15.1. The fraction of sp³-hybridized carbons (Fsp3) is 0.333. The lowest BCUT2D eigenvalue weighted by molar-refractivity contribution is -0.0256. The molecule has 0 saturated heterocycles. The Hall–Kier alpha value is -3.56. The van der Waals surface area contributed by atoms with Gasteiger partial charge in [0.2, 0.25) is 11.9 Å².